The average Bonchev–Trinajstić information content (AvgIpc) is 2.27. The first-order valence-corrected chi connectivity index (χ1v) is 6.21. The highest BCUT2D eigenvalue weighted by atomic mass is 32.2. The highest BCUT2D eigenvalue weighted by Crippen LogP contribution is 2.17. The van der Waals surface area contributed by atoms with E-state index in [9.17, 15) is 4.79 Å². The fourth-order valence-electron chi connectivity index (χ4n) is 1.09. The van der Waals surface area contributed by atoms with Crippen molar-refractivity contribution < 1.29 is 9.90 Å². The van der Waals surface area contributed by atoms with Crippen molar-refractivity contribution in [3.63, 3.8) is 0 Å². The lowest BCUT2D eigenvalue weighted by Crippen LogP contribution is -2.34. The van der Waals surface area contributed by atoms with Gasteiger partial charge in [0.25, 0.3) is 0 Å². The molecule has 0 aliphatic carbocycles. The molecule has 0 aliphatic heterocycles. The second-order valence-corrected chi connectivity index (χ2v) is 4.29. The van der Waals surface area contributed by atoms with E-state index >= 15 is 0 Å². The number of aliphatic hydroxyl groups is 1. The van der Waals surface area contributed by atoms with Crippen LogP contribution in [0.4, 0.5) is 10.5 Å². The summed E-state index contributed by atoms with van der Waals surface area (Å²) in [5.41, 5.74) is 0.737. The Bertz CT molecular complexity index is 338. The molecule has 0 heterocycles. The van der Waals surface area contributed by atoms with Gasteiger partial charge in [0.15, 0.2) is 0 Å². The number of benzene rings is 1. The van der Waals surface area contributed by atoms with Crippen molar-refractivity contribution in [3.8, 4) is 0 Å². The second-order valence-electron chi connectivity index (χ2n) is 3.41. The summed E-state index contributed by atoms with van der Waals surface area (Å²) in [6.45, 7) is 1.86. The van der Waals surface area contributed by atoms with Gasteiger partial charge in [-0.2, -0.15) is 0 Å². The van der Waals surface area contributed by atoms with E-state index in [0.29, 0.717) is 0 Å². The zero-order valence-corrected chi connectivity index (χ0v) is 10.2. The van der Waals surface area contributed by atoms with Gasteiger partial charge in [-0.3, -0.25) is 0 Å². The number of nitrogens with one attached hydrogen (secondary N) is 2. The molecule has 0 saturated carbocycles. The van der Waals surface area contributed by atoms with Crippen LogP contribution in [-0.4, -0.2) is 30.0 Å². The predicted molar refractivity (Wildman–Crippen MR) is 66.9 cm³/mol. The molecular weight excluding hydrogens is 224 g/mol. The number of aliphatic hydroxyl groups excluding tert-OH is 1. The van der Waals surface area contributed by atoms with Crippen LogP contribution in [0.1, 0.15) is 6.92 Å². The molecule has 1 aromatic rings. The summed E-state index contributed by atoms with van der Waals surface area (Å²) in [5.74, 6) is 0. The fourth-order valence-corrected chi connectivity index (χ4v) is 1.50. The number of carbonyl (C=O) groups is 1. The van der Waals surface area contributed by atoms with Gasteiger partial charge in [-0.05, 0) is 37.4 Å². The third kappa shape index (κ3) is 4.55. The van der Waals surface area contributed by atoms with Crippen LogP contribution >= 0.6 is 11.8 Å². The van der Waals surface area contributed by atoms with E-state index < -0.39 is 6.10 Å². The molecule has 0 radical (unpaired) electrons. The maximum atomic E-state index is 11.3. The van der Waals surface area contributed by atoms with Gasteiger partial charge in [0.1, 0.15) is 0 Å². The molecule has 1 aromatic carbocycles. The minimum Gasteiger partial charge on any atom is -0.392 e. The number of carbonyl (C=O) groups excluding carboxylic acids is 1. The van der Waals surface area contributed by atoms with Crippen molar-refractivity contribution in [2.75, 3.05) is 18.1 Å². The second kappa shape index (κ2) is 6.40. The Labute approximate surface area is 99.4 Å². The minimum atomic E-state index is -0.537. The smallest absolute Gasteiger partial charge is 0.319 e. The topological polar surface area (TPSA) is 61.4 Å². The molecule has 0 saturated heterocycles. The minimum absolute atomic E-state index is 0.245. The summed E-state index contributed by atoms with van der Waals surface area (Å²) < 4.78 is 0. The summed E-state index contributed by atoms with van der Waals surface area (Å²) in [7, 11) is 0. The van der Waals surface area contributed by atoms with Crippen LogP contribution in [0, 0.1) is 0 Å². The average molecular weight is 240 g/mol. The maximum Gasteiger partial charge on any atom is 0.319 e. The number of urea groups is 1. The van der Waals surface area contributed by atoms with E-state index in [1.807, 2.05) is 30.5 Å². The number of rotatable bonds is 4. The van der Waals surface area contributed by atoms with Crippen molar-refractivity contribution in [2.24, 2.45) is 0 Å². The Hall–Kier alpha value is -1.20. The largest absolute Gasteiger partial charge is 0.392 e. The van der Waals surface area contributed by atoms with Crippen molar-refractivity contribution >= 4 is 23.5 Å². The van der Waals surface area contributed by atoms with E-state index in [0.717, 1.165) is 10.6 Å². The van der Waals surface area contributed by atoms with E-state index in [4.69, 9.17) is 5.11 Å². The molecule has 2 amide bonds. The quantitative estimate of drug-likeness (QED) is 0.704. The Morgan fingerprint density at radius 1 is 1.44 bits per heavy atom. The van der Waals surface area contributed by atoms with Crippen LogP contribution < -0.4 is 10.6 Å². The van der Waals surface area contributed by atoms with Crippen LogP contribution in [0.2, 0.25) is 0 Å². The summed E-state index contributed by atoms with van der Waals surface area (Å²) in [6.07, 6.45) is 1.46. The molecule has 1 rings (SSSR count). The van der Waals surface area contributed by atoms with Crippen LogP contribution in [0.3, 0.4) is 0 Å². The molecule has 0 spiro atoms. The lowest BCUT2D eigenvalue weighted by Gasteiger charge is -2.09. The van der Waals surface area contributed by atoms with Gasteiger partial charge in [-0.1, -0.05) is 0 Å². The van der Waals surface area contributed by atoms with Crippen LogP contribution in [0.15, 0.2) is 29.2 Å². The van der Waals surface area contributed by atoms with Crippen LogP contribution in [-0.2, 0) is 0 Å². The van der Waals surface area contributed by atoms with Crippen molar-refractivity contribution in [2.45, 2.75) is 17.9 Å². The molecule has 16 heavy (non-hydrogen) atoms. The molecule has 5 heteroatoms. The predicted octanol–water partition coefficient (Wildman–Crippen LogP) is 1.91. The van der Waals surface area contributed by atoms with Crippen molar-refractivity contribution in [1.29, 1.82) is 0 Å². The third-order valence-corrected chi connectivity index (χ3v) is 2.65. The van der Waals surface area contributed by atoms with Crippen molar-refractivity contribution in [1.82, 2.24) is 5.32 Å². The zero-order chi connectivity index (χ0) is 12.0. The first kappa shape index (κ1) is 12.9. The maximum absolute atomic E-state index is 11.3. The molecule has 0 aliphatic rings. The normalized spacial score (nSPS) is 11.9. The molecule has 0 fully saturated rings. The zero-order valence-electron chi connectivity index (χ0n) is 9.36. The van der Waals surface area contributed by atoms with Crippen LogP contribution in [0.25, 0.3) is 0 Å². The molecule has 0 unspecified atom stereocenters. The standard InChI is InChI=1S/C11H16N2O2S/c1-8(14)7-12-11(15)13-9-3-5-10(16-2)6-4-9/h3-6,8,14H,7H2,1-2H3,(H2,12,13,15)/t8-/m0/s1. The summed E-state index contributed by atoms with van der Waals surface area (Å²) in [5, 5.41) is 14.2. The van der Waals surface area contributed by atoms with Gasteiger partial charge in [0, 0.05) is 17.1 Å². The fraction of sp³-hybridized carbons (Fsp3) is 0.364. The van der Waals surface area contributed by atoms with Gasteiger partial charge in [-0.15, -0.1) is 11.8 Å². The lowest BCUT2D eigenvalue weighted by molar-refractivity contribution is 0.190. The summed E-state index contributed by atoms with van der Waals surface area (Å²) >= 11 is 1.65. The molecule has 4 nitrogen and oxygen atoms in total. The number of hydrogen-bond donors (Lipinski definition) is 3. The number of amides is 2. The Morgan fingerprint density at radius 2 is 2.06 bits per heavy atom. The van der Waals surface area contributed by atoms with E-state index in [1.54, 1.807) is 18.7 Å². The van der Waals surface area contributed by atoms with Gasteiger partial charge < -0.3 is 15.7 Å². The Kier molecular flexibility index (Phi) is 5.14. The number of hydrogen-bond acceptors (Lipinski definition) is 3. The van der Waals surface area contributed by atoms with Gasteiger partial charge >= 0.3 is 6.03 Å². The molecule has 88 valence electrons. The van der Waals surface area contributed by atoms with E-state index in [-0.39, 0.29) is 12.6 Å². The highest BCUT2D eigenvalue weighted by Gasteiger charge is 2.02. The SMILES string of the molecule is CSc1ccc(NC(=O)NC[C@H](C)O)cc1. The molecule has 1 atom stereocenters. The Morgan fingerprint density at radius 3 is 2.56 bits per heavy atom. The monoisotopic (exact) mass is 240 g/mol. The van der Waals surface area contributed by atoms with Crippen molar-refractivity contribution in [3.05, 3.63) is 24.3 Å². The van der Waals surface area contributed by atoms with E-state index in [1.165, 1.54) is 0 Å². The Balaban J connectivity index is 2.43. The highest BCUT2D eigenvalue weighted by molar-refractivity contribution is 7.98. The first-order valence-electron chi connectivity index (χ1n) is 4.99. The first-order chi connectivity index (χ1) is 7.61. The van der Waals surface area contributed by atoms with Gasteiger partial charge in [0.05, 0.1) is 6.10 Å². The lowest BCUT2D eigenvalue weighted by atomic mass is 10.3. The van der Waals surface area contributed by atoms with Crippen LogP contribution in [0.5, 0.6) is 0 Å². The third-order valence-electron chi connectivity index (χ3n) is 1.91. The molecule has 0 bridgehead atoms. The summed E-state index contributed by atoms with van der Waals surface area (Å²) in [4.78, 5) is 12.5. The van der Waals surface area contributed by atoms with E-state index in [2.05, 4.69) is 10.6 Å². The van der Waals surface area contributed by atoms with Gasteiger partial charge in [-0.25, -0.2) is 4.79 Å². The molecular formula is C11H16N2O2S. The number of anilines is 1. The molecule has 3 N–H and O–H groups in total. The number of thioether (sulfide) groups is 1. The summed E-state index contributed by atoms with van der Waals surface area (Å²) in [6, 6.07) is 7.25. The van der Waals surface area contributed by atoms with Gasteiger partial charge in [0.2, 0.25) is 0 Å². The molecule has 0 aromatic heterocycles.